The van der Waals surface area contributed by atoms with E-state index in [1.165, 1.54) is 0 Å². The molecule has 0 saturated carbocycles. The van der Waals surface area contributed by atoms with Crippen LogP contribution in [0.3, 0.4) is 0 Å². The van der Waals surface area contributed by atoms with Crippen LogP contribution in [0.2, 0.25) is 0 Å². The number of nitrogens with two attached hydrogens (primary N) is 2. The van der Waals surface area contributed by atoms with Crippen molar-refractivity contribution in [2.75, 3.05) is 6.61 Å². The number of phenolic OH excluding ortho intramolecular Hbond substituents is 1. The van der Waals surface area contributed by atoms with Gasteiger partial charge in [0.1, 0.15) is 22.8 Å². The minimum absolute atomic E-state index is 0.0327. The van der Waals surface area contributed by atoms with Crippen molar-refractivity contribution < 1.29 is 14.6 Å². The Bertz CT molecular complexity index is 951. The quantitative estimate of drug-likeness (QED) is 0.352. The normalized spacial score (nSPS) is 17.7. The van der Waals surface area contributed by atoms with Crippen LogP contribution in [-0.2, 0) is 6.42 Å². The smallest absolute Gasteiger partial charge is 0.191 e. The molecule has 1 aliphatic rings. The lowest BCUT2D eigenvalue weighted by Crippen LogP contribution is -2.37. The molecule has 0 aromatic heterocycles. The maximum atomic E-state index is 10.3. The van der Waals surface area contributed by atoms with Gasteiger partial charge in [0, 0.05) is 11.6 Å². The number of hydrogen-bond acceptors (Lipinski definition) is 4. The number of nitrogens with zero attached hydrogens (tertiary/aromatic N) is 1. The zero-order valence-corrected chi connectivity index (χ0v) is 18.4. The van der Waals surface area contributed by atoms with E-state index >= 15 is 0 Å². The number of hydrogen-bond donors (Lipinski definition) is 3. The summed E-state index contributed by atoms with van der Waals surface area (Å²) in [5, 5.41) is 10.3. The third kappa shape index (κ3) is 4.81. The summed E-state index contributed by atoms with van der Waals surface area (Å²) in [6.07, 6.45) is 4.78. The molecule has 1 atom stereocenters. The Morgan fingerprint density at radius 2 is 1.93 bits per heavy atom. The van der Waals surface area contributed by atoms with Crippen LogP contribution in [0.1, 0.15) is 54.9 Å². The van der Waals surface area contributed by atoms with E-state index in [9.17, 15) is 5.11 Å². The number of benzene rings is 2. The van der Waals surface area contributed by atoms with Gasteiger partial charge in [-0.25, -0.2) is 4.99 Å². The Balaban J connectivity index is 1.53. The van der Waals surface area contributed by atoms with Gasteiger partial charge in [0.05, 0.1) is 12.3 Å². The molecule has 0 bridgehead atoms. The number of unbranched alkanes of at least 4 members (excludes halogenated alkanes) is 1. The second-order valence-electron chi connectivity index (χ2n) is 8.42. The zero-order chi connectivity index (χ0) is 21.9. The average Bonchev–Trinajstić information content (AvgIpc) is 2.70. The molecule has 2 aromatic carbocycles. The Hall–Kier alpha value is -2.89. The fourth-order valence-corrected chi connectivity index (χ4v) is 4.05. The fraction of sp³-hybridized carbons (Fsp3) is 0.458. The molecule has 5 N–H and O–H groups in total. The number of phenols is 1. The van der Waals surface area contributed by atoms with Crippen molar-refractivity contribution >= 4 is 11.6 Å². The van der Waals surface area contributed by atoms with Gasteiger partial charge in [0.15, 0.2) is 5.96 Å². The highest BCUT2D eigenvalue weighted by Crippen LogP contribution is 2.44. The predicted octanol–water partition coefficient (Wildman–Crippen LogP) is 4.56. The number of aromatic hydroxyl groups is 1. The molecular formula is C24H33N3O3. The lowest BCUT2D eigenvalue weighted by Gasteiger charge is -2.38. The maximum Gasteiger partial charge on any atom is 0.191 e. The highest BCUT2D eigenvalue weighted by Gasteiger charge is 2.34. The first kappa shape index (κ1) is 21.8. The molecule has 1 aliphatic heterocycles. The van der Waals surface area contributed by atoms with Gasteiger partial charge in [-0.1, -0.05) is 6.07 Å². The van der Waals surface area contributed by atoms with Crippen molar-refractivity contribution in [1.29, 1.82) is 0 Å². The summed E-state index contributed by atoms with van der Waals surface area (Å²) in [6, 6.07) is 7.43. The number of aliphatic imine (C=N–C) groups is 1. The van der Waals surface area contributed by atoms with Crippen LogP contribution in [-0.4, -0.2) is 23.3 Å². The van der Waals surface area contributed by atoms with Crippen LogP contribution < -0.4 is 20.9 Å². The van der Waals surface area contributed by atoms with Crippen LogP contribution in [0.25, 0.3) is 0 Å². The van der Waals surface area contributed by atoms with Crippen LogP contribution >= 0.6 is 0 Å². The molecule has 0 radical (unpaired) electrons. The first-order valence-corrected chi connectivity index (χ1v) is 10.5. The standard InChI is InChI=1S/C24H33N3O3/c1-15-16(2)22-20(17(3)21(15)28)10-12-24(4,30-22)11-5-6-13-29-19-9-7-8-18(14-19)27-23(25)26/h7-9,14,28H,5-6,10-13H2,1-4H3,(H4,25,26,27). The number of guanidine groups is 1. The van der Waals surface area contributed by atoms with Gasteiger partial charge in [-0.05, 0) is 88.6 Å². The summed E-state index contributed by atoms with van der Waals surface area (Å²) in [4.78, 5) is 4.04. The van der Waals surface area contributed by atoms with Crippen LogP contribution in [0.4, 0.5) is 5.69 Å². The maximum absolute atomic E-state index is 10.3. The first-order valence-electron chi connectivity index (χ1n) is 10.5. The van der Waals surface area contributed by atoms with Gasteiger partial charge in [-0.2, -0.15) is 0 Å². The average molecular weight is 412 g/mol. The zero-order valence-electron chi connectivity index (χ0n) is 18.4. The van der Waals surface area contributed by atoms with Crippen LogP contribution in [0, 0.1) is 20.8 Å². The van der Waals surface area contributed by atoms with E-state index in [2.05, 4.69) is 11.9 Å². The lowest BCUT2D eigenvalue weighted by molar-refractivity contribution is 0.0513. The van der Waals surface area contributed by atoms with Gasteiger partial charge in [-0.3, -0.25) is 0 Å². The minimum atomic E-state index is -0.194. The predicted molar refractivity (Wildman–Crippen MR) is 121 cm³/mol. The molecule has 1 unspecified atom stereocenters. The molecule has 0 spiro atoms. The molecule has 1 heterocycles. The molecular weight excluding hydrogens is 378 g/mol. The molecule has 162 valence electrons. The Kier molecular flexibility index (Phi) is 6.44. The van der Waals surface area contributed by atoms with Crippen molar-refractivity contribution in [3.63, 3.8) is 0 Å². The van der Waals surface area contributed by atoms with E-state index in [4.69, 9.17) is 20.9 Å². The minimum Gasteiger partial charge on any atom is -0.507 e. The van der Waals surface area contributed by atoms with Gasteiger partial charge < -0.3 is 26.0 Å². The Morgan fingerprint density at radius 1 is 1.17 bits per heavy atom. The highest BCUT2D eigenvalue weighted by atomic mass is 16.5. The summed E-state index contributed by atoms with van der Waals surface area (Å²) in [6.45, 7) is 8.78. The molecule has 6 heteroatoms. The molecule has 0 fully saturated rings. The van der Waals surface area contributed by atoms with Gasteiger partial charge in [-0.15, -0.1) is 0 Å². The van der Waals surface area contributed by atoms with Crippen molar-refractivity contribution in [3.8, 4) is 17.2 Å². The van der Waals surface area contributed by atoms with E-state index < -0.39 is 0 Å². The first-order chi connectivity index (χ1) is 14.2. The summed E-state index contributed by atoms with van der Waals surface area (Å²) in [5.41, 5.74) is 15.4. The molecule has 6 nitrogen and oxygen atoms in total. The molecule has 0 aliphatic carbocycles. The van der Waals surface area contributed by atoms with Crippen LogP contribution in [0.15, 0.2) is 29.3 Å². The number of ether oxygens (including phenoxy) is 2. The topological polar surface area (TPSA) is 103 Å². The lowest BCUT2D eigenvalue weighted by atomic mass is 9.85. The third-order valence-electron chi connectivity index (χ3n) is 6.04. The van der Waals surface area contributed by atoms with E-state index in [0.717, 1.165) is 65.9 Å². The number of fused-ring (bicyclic) bond motifs is 1. The summed E-state index contributed by atoms with van der Waals surface area (Å²) >= 11 is 0. The van der Waals surface area contributed by atoms with Gasteiger partial charge in [0.2, 0.25) is 0 Å². The summed E-state index contributed by atoms with van der Waals surface area (Å²) in [5.74, 6) is 2.15. The van der Waals surface area contributed by atoms with Crippen molar-refractivity contribution in [2.24, 2.45) is 16.5 Å². The monoisotopic (exact) mass is 411 g/mol. The molecule has 2 aromatic rings. The molecule has 30 heavy (non-hydrogen) atoms. The summed E-state index contributed by atoms with van der Waals surface area (Å²) in [7, 11) is 0. The number of rotatable bonds is 7. The van der Waals surface area contributed by atoms with E-state index in [-0.39, 0.29) is 11.6 Å². The summed E-state index contributed by atoms with van der Waals surface area (Å²) < 4.78 is 12.3. The molecule has 3 rings (SSSR count). The SMILES string of the molecule is Cc1c(C)c2c(c(C)c1O)CCC(C)(CCCCOc1cccc(N=C(N)N)c1)O2. The highest BCUT2D eigenvalue weighted by molar-refractivity contribution is 5.79. The second-order valence-corrected chi connectivity index (χ2v) is 8.42. The van der Waals surface area contributed by atoms with E-state index in [0.29, 0.717) is 18.0 Å². The van der Waals surface area contributed by atoms with E-state index in [1.807, 2.05) is 45.0 Å². The second kappa shape index (κ2) is 8.86. The van der Waals surface area contributed by atoms with Gasteiger partial charge in [0.25, 0.3) is 0 Å². The van der Waals surface area contributed by atoms with Crippen molar-refractivity contribution in [1.82, 2.24) is 0 Å². The van der Waals surface area contributed by atoms with Crippen molar-refractivity contribution in [3.05, 3.63) is 46.5 Å². The van der Waals surface area contributed by atoms with Crippen LogP contribution in [0.5, 0.6) is 17.2 Å². The molecule has 0 amide bonds. The third-order valence-corrected chi connectivity index (χ3v) is 6.04. The molecule has 0 saturated heterocycles. The van der Waals surface area contributed by atoms with Gasteiger partial charge >= 0.3 is 0 Å². The largest absolute Gasteiger partial charge is 0.507 e. The Labute approximate surface area is 178 Å². The van der Waals surface area contributed by atoms with E-state index in [1.54, 1.807) is 0 Å². The Morgan fingerprint density at radius 3 is 2.67 bits per heavy atom. The van der Waals surface area contributed by atoms with Crippen molar-refractivity contribution in [2.45, 2.75) is 65.4 Å². The fourth-order valence-electron chi connectivity index (χ4n) is 4.05.